The number of aromatic nitrogens is 2. The van der Waals surface area contributed by atoms with Crippen molar-refractivity contribution in [3.8, 4) is 11.3 Å². The van der Waals surface area contributed by atoms with Crippen LogP contribution in [0.3, 0.4) is 0 Å². The summed E-state index contributed by atoms with van der Waals surface area (Å²) in [7, 11) is 0. The molecule has 2 aromatic heterocycles. The highest BCUT2D eigenvalue weighted by Crippen LogP contribution is 2.38. The molecule has 0 saturated heterocycles. The lowest BCUT2D eigenvalue weighted by Crippen LogP contribution is -2.21. The van der Waals surface area contributed by atoms with Crippen molar-refractivity contribution in [2.45, 2.75) is 45.1 Å². The van der Waals surface area contributed by atoms with E-state index in [1.807, 2.05) is 6.92 Å². The monoisotopic (exact) mass is 294 g/mol. The van der Waals surface area contributed by atoms with Crippen LogP contribution in [0.5, 0.6) is 0 Å². The minimum atomic E-state index is 0.562. The Hall–Kier alpha value is -1.14. The average Bonchev–Trinajstić information content (AvgIpc) is 2.97. The third-order valence-electron chi connectivity index (χ3n) is 3.53. The zero-order valence-corrected chi connectivity index (χ0v) is 12.6. The van der Waals surface area contributed by atoms with Gasteiger partial charge in [-0.3, -0.25) is 0 Å². The molecule has 0 spiro atoms. The van der Waals surface area contributed by atoms with Crippen molar-refractivity contribution in [2.24, 2.45) is 0 Å². The molecule has 6 heteroatoms. The van der Waals surface area contributed by atoms with E-state index >= 15 is 0 Å². The van der Waals surface area contributed by atoms with Crippen LogP contribution in [0.2, 0.25) is 0 Å². The predicted octanol–water partition coefficient (Wildman–Crippen LogP) is 3.90. The van der Waals surface area contributed by atoms with Gasteiger partial charge in [0.15, 0.2) is 0 Å². The van der Waals surface area contributed by atoms with Gasteiger partial charge in [-0.05, 0) is 31.3 Å². The normalized spacial score (nSPS) is 16.7. The van der Waals surface area contributed by atoms with E-state index in [0.29, 0.717) is 11.9 Å². The molecule has 0 amide bonds. The smallest absolute Gasteiger partial charge is 0.148 e. The minimum Gasteiger partial charge on any atom is -0.382 e. The van der Waals surface area contributed by atoms with Gasteiger partial charge in [-0.25, -0.2) is 4.98 Å². The van der Waals surface area contributed by atoms with Gasteiger partial charge in [-0.15, -0.1) is 11.3 Å². The van der Waals surface area contributed by atoms with Crippen LogP contribution in [0, 0.1) is 6.92 Å². The van der Waals surface area contributed by atoms with Crippen LogP contribution in [0.1, 0.15) is 37.1 Å². The number of nitrogen functional groups attached to an aromatic ring is 1. The summed E-state index contributed by atoms with van der Waals surface area (Å²) in [6.45, 7) is 2.01. The maximum absolute atomic E-state index is 6.01. The lowest BCUT2D eigenvalue weighted by Gasteiger charge is -2.23. The molecule has 1 aliphatic carbocycles. The molecule has 0 aliphatic heterocycles. The van der Waals surface area contributed by atoms with Crippen molar-refractivity contribution in [3.05, 3.63) is 10.4 Å². The number of aryl methyl sites for hydroxylation is 1. The summed E-state index contributed by atoms with van der Waals surface area (Å²) in [5.74, 6) is 0.591. The van der Waals surface area contributed by atoms with Crippen LogP contribution in [-0.2, 0) is 0 Å². The van der Waals surface area contributed by atoms with Gasteiger partial charge in [-0.1, -0.05) is 19.3 Å². The molecule has 1 fully saturated rings. The van der Waals surface area contributed by atoms with Gasteiger partial charge in [0.05, 0.1) is 16.3 Å². The number of hydrogen-bond donors (Lipinski definition) is 2. The molecule has 2 heterocycles. The predicted molar refractivity (Wildman–Crippen MR) is 82.9 cm³/mol. The lowest BCUT2D eigenvalue weighted by molar-refractivity contribution is 0.463. The molecule has 102 valence electrons. The van der Waals surface area contributed by atoms with E-state index in [9.17, 15) is 0 Å². The molecule has 19 heavy (non-hydrogen) atoms. The van der Waals surface area contributed by atoms with Gasteiger partial charge in [0.2, 0.25) is 0 Å². The van der Waals surface area contributed by atoms with E-state index in [2.05, 4.69) is 20.1 Å². The number of nitrogens with zero attached hydrogens (tertiary/aromatic N) is 2. The van der Waals surface area contributed by atoms with Crippen LogP contribution in [0.25, 0.3) is 11.3 Å². The van der Waals surface area contributed by atoms with E-state index in [-0.39, 0.29) is 0 Å². The molecule has 1 saturated carbocycles. The Morgan fingerprint density at radius 3 is 2.79 bits per heavy atom. The number of thiazole rings is 1. The number of hydrogen-bond acceptors (Lipinski definition) is 6. The Bertz CT molecular complexity index is 555. The molecule has 0 atom stereocenters. The summed E-state index contributed by atoms with van der Waals surface area (Å²) in [4.78, 5) is 4.53. The summed E-state index contributed by atoms with van der Waals surface area (Å²) < 4.78 is 4.29. The molecule has 3 rings (SSSR count). The van der Waals surface area contributed by atoms with Crippen LogP contribution in [-0.4, -0.2) is 15.4 Å². The molecule has 3 N–H and O–H groups in total. The Morgan fingerprint density at radius 1 is 1.32 bits per heavy atom. The van der Waals surface area contributed by atoms with E-state index < -0.39 is 0 Å². The molecular weight excluding hydrogens is 276 g/mol. The van der Waals surface area contributed by atoms with Crippen LogP contribution in [0.15, 0.2) is 5.38 Å². The van der Waals surface area contributed by atoms with Crippen LogP contribution < -0.4 is 11.1 Å². The summed E-state index contributed by atoms with van der Waals surface area (Å²) >= 11 is 3.10. The lowest BCUT2D eigenvalue weighted by atomic mass is 9.95. The second kappa shape index (κ2) is 5.46. The largest absolute Gasteiger partial charge is 0.382 e. The molecule has 4 nitrogen and oxygen atoms in total. The summed E-state index contributed by atoms with van der Waals surface area (Å²) in [6, 6.07) is 0.562. The van der Waals surface area contributed by atoms with Crippen molar-refractivity contribution >= 4 is 33.7 Å². The molecule has 0 bridgehead atoms. The van der Waals surface area contributed by atoms with Gasteiger partial charge in [0, 0.05) is 11.4 Å². The first-order valence-electron chi connectivity index (χ1n) is 6.68. The third kappa shape index (κ3) is 2.74. The second-order valence-electron chi connectivity index (χ2n) is 5.00. The molecular formula is C13H18N4S2. The van der Waals surface area contributed by atoms with Gasteiger partial charge >= 0.3 is 0 Å². The van der Waals surface area contributed by atoms with Crippen LogP contribution >= 0.6 is 22.9 Å². The highest BCUT2D eigenvalue weighted by atomic mass is 32.1. The zero-order chi connectivity index (χ0) is 13.2. The van der Waals surface area contributed by atoms with Crippen molar-refractivity contribution < 1.29 is 0 Å². The standard InChI is InChI=1S/C13H18N4S2/c1-8-15-10(7-18-8)11-12(14)17-19-13(11)16-9-5-3-2-4-6-9/h7,9,16H,2-6H2,1H3,(H2,14,17). The minimum absolute atomic E-state index is 0.562. The Labute approximate surface area is 121 Å². The fourth-order valence-electron chi connectivity index (χ4n) is 2.56. The summed E-state index contributed by atoms with van der Waals surface area (Å²) in [5.41, 5.74) is 7.95. The molecule has 1 aliphatic rings. The number of anilines is 2. The van der Waals surface area contributed by atoms with Crippen LogP contribution in [0.4, 0.5) is 10.8 Å². The first-order valence-corrected chi connectivity index (χ1v) is 8.33. The second-order valence-corrected chi connectivity index (χ2v) is 6.84. The highest BCUT2D eigenvalue weighted by molar-refractivity contribution is 7.11. The Kier molecular flexibility index (Phi) is 3.70. The van der Waals surface area contributed by atoms with Gasteiger partial charge in [-0.2, -0.15) is 4.37 Å². The van der Waals surface area contributed by atoms with Crippen molar-refractivity contribution in [2.75, 3.05) is 11.1 Å². The maximum Gasteiger partial charge on any atom is 0.148 e. The number of nitrogens with one attached hydrogen (secondary N) is 1. The van der Waals surface area contributed by atoms with Gasteiger partial charge < -0.3 is 11.1 Å². The number of rotatable bonds is 3. The summed E-state index contributed by atoms with van der Waals surface area (Å²) in [6.07, 6.45) is 6.48. The topological polar surface area (TPSA) is 63.8 Å². The maximum atomic E-state index is 6.01. The SMILES string of the molecule is Cc1nc(-c2c(N)nsc2NC2CCCCC2)cs1. The van der Waals surface area contributed by atoms with Gasteiger partial charge in [0.1, 0.15) is 10.8 Å². The van der Waals surface area contributed by atoms with E-state index in [4.69, 9.17) is 5.73 Å². The summed E-state index contributed by atoms with van der Waals surface area (Å²) in [5, 5.41) is 7.81. The highest BCUT2D eigenvalue weighted by Gasteiger charge is 2.20. The zero-order valence-electron chi connectivity index (χ0n) is 11.0. The first-order chi connectivity index (χ1) is 9.24. The van der Waals surface area contributed by atoms with Crippen molar-refractivity contribution in [3.63, 3.8) is 0 Å². The molecule has 0 aromatic carbocycles. The Balaban J connectivity index is 1.85. The Morgan fingerprint density at radius 2 is 2.11 bits per heavy atom. The molecule has 0 unspecified atom stereocenters. The van der Waals surface area contributed by atoms with E-state index in [0.717, 1.165) is 21.3 Å². The first kappa shape index (κ1) is 12.9. The van der Waals surface area contributed by atoms with E-state index in [1.54, 1.807) is 11.3 Å². The van der Waals surface area contributed by atoms with Gasteiger partial charge in [0.25, 0.3) is 0 Å². The van der Waals surface area contributed by atoms with Crippen molar-refractivity contribution in [1.29, 1.82) is 0 Å². The fraction of sp³-hybridized carbons (Fsp3) is 0.538. The number of nitrogens with two attached hydrogens (primary N) is 1. The molecule has 0 radical (unpaired) electrons. The van der Waals surface area contributed by atoms with Crippen molar-refractivity contribution in [1.82, 2.24) is 9.36 Å². The quantitative estimate of drug-likeness (QED) is 0.901. The average molecular weight is 294 g/mol. The third-order valence-corrected chi connectivity index (χ3v) is 5.10. The fourth-order valence-corrected chi connectivity index (χ4v) is 3.96. The molecule has 2 aromatic rings. The van der Waals surface area contributed by atoms with E-state index in [1.165, 1.54) is 43.6 Å².